The SMILES string of the molecule is CNC(Cc1ccc(Cl)c(F)c1)c1coc(C)c1. The van der Waals surface area contributed by atoms with Crippen LogP contribution in [0.25, 0.3) is 0 Å². The van der Waals surface area contributed by atoms with Crippen LogP contribution in [0.15, 0.2) is 34.9 Å². The van der Waals surface area contributed by atoms with Gasteiger partial charge in [-0.3, -0.25) is 0 Å². The second kappa shape index (κ2) is 5.55. The molecule has 0 aliphatic carbocycles. The van der Waals surface area contributed by atoms with Gasteiger partial charge >= 0.3 is 0 Å². The second-order valence-electron chi connectivity index (χ2n) is 4.28. The zero-order chi connectivity index (χ0) is 13.1. The van der Waals surface area contributed by atoms with E-state index in [9.17, 15) is 4.39 Å². The molecule has 2 rings (SSSR count). The molecule has 0 fully saturated rings. The summed E-state index contributed by atoms with van der Waals surface area (Å²) in [4.78, 5) is 0. The maximum Gasteiger partial charge on any atom is 0.142 e. The van der Waals surface area contributed by atoms with Crippen LogP contribution in [-0.4, -0.2) is 7.05 Å². The van der Waals surface area contributed by atoms with Gasteiger partial charge in [0, 0.05) is 11.6 Å². The second-order valence-corrected chi connectivity index (χ2v) is 4.69. The predicted octanol–water partition coefficient (Wildman–Crippen LogP) is 3.88. The normalized spacial score (nSPS) is 12.7. The molecule has 1 atom stereocenters. The fourth-order valence-corrected chi connectivity index (χ4v) is 2.05. The van der Waals surface area contributed by atoms with Crippen LogP contribution in [0, 0.1) is 12.7 Å². The Morgan fingerprint density at radius 3 is 2.72 bits per heavy atom. The number of benzene rings is 1. The zero-order valence-electron chi connectivity index (χ0n) is 10.3. The molecule has 2 nitrogen and oxygen atoms in total. The molecule has 0 saturated carbocycles. The summed E-state index contributed by atoms with van der Waals surface area (Å²) in [6, 6.07) is 6.97. The molecule has 0 amide bonds. The molecule has 1 N–H and O–H groups in total. The van der Waals surface area contributed by atoms with Crippen molar-refractivity contribution in [1.29, 1.82) is 0 Å². The summed E-state index contributed by atoms with van der Waals surface area (Å²) >= 11 is 5.67. The van der Waals surface area contributed by atoms with E-state index in [1.807, 2.05) is 26.1 Å². The first-order valence-electron chi connectivity index (χ1n) is 5.76. The van der Waals surface area contributed by atoms with Gasteiger partial charge in [0.25, 0.3) is 0 Å². The average molecular weight is 268 g/mol. The third-order valence-corrected chi connectivity index (χ3v) is 3.23. The molecule has 96 valence electrons. The molecule has 18 heavy (non-hydrogen) atoms. The highest BCUT2D eigenvalue weighted by Crippen LogP contribution is 2.22. The van der Waals surface area contributed by atoms with Gasteiger partial charge in [-0.15, -0.1) is 0 Å². The van der Waals surface area contributed by atoms with Crippen molar-refractivity contribution in [3.63, 3.8) is 0 Å². The molecule has 4 heteroatoms. The van der Waals surface area contributed by atoms with Gasteiger partial charge in [-0.25, -0.2) is 4.39 Å². The Kier molecular flexibility index (Phi) is 4.04. The first-order chi connectivity index (χ1) is 8.60. The van der Waals surface area contributed by atoms with Crippen LogP contribution in [0.5, 0.6) is 0 Å². The molecule has 0 aliphatic heterocycles. The van der Waals surface area contributed by atoms with Crippen molar-refractivity contribution < 1.29 is 8.81 Å². The van der Waals surface area contributed by atoms with E-state index < -0.39 is 0 Å². The van der Waals surface area contributed by atoms with Crippen molar-refractivity contribution in [2.45, 2.75) is 19.4 Å². The van der Waals surface area contributed by atoms with E-state index in [2.05, 4.69) is 5.32 Å². The fraction of sp³-hybridized carbons (Fsp3) is 0.286. The van der Waals surface area contributed by atoms with Crippen LogP contribution in [0.4, 0.5) is 4.39 Å². The molecule has 0 spiro atoms. The van der Waals surface area contributed by atoms with Crippen molar-refractivity contribution in [3.8, 4) is 0 Å². The minimum Gasteiger partial charge on any atom is -0.469 e. The summed E-state index contributed by atoms with van der Waals surface area (Å²) in [5.74, 6) is 0.486. The molecule has 0 aliphatic rings. The lowest BCUT2D eigenvalue weighted by molar-refractivity contribution is 0.520. The number of rotatable bonds is 4. The first kappa shape index (κ1) is 13.1. The van der Waals surface area contributed by atoms with Crippen molar-refractivity contribution in [1.82, 2.24) is 5.32 Å². The lowest BCUT2D eigenvalue weighted by Gasteiger charge is -2.14. The number of aryl methyl sites for hydroxylation is 1. The van der Waals surface area contributed by atoms with Gasteiger partial charge in [0.15, 0.2) is 0 Å². The minimum atomic E-state index is -0.382. The van der Waals surface area contributed by atoms with Gasteiger partial charge in [-0.1, -0.05) is 17.7 Å². The Bertz CT molecular complexity index is 538. The Morgan fingerprint density at radius 2 is 2.17 bits per heavy atom. The number of furan rings is 1. The zero-order valence-corrected chi connectivity index (χ0v) is 11.1. The van der Waals surface area contributed by atoms with Crippen LogP contribution < -0.4 is 5.32 Å². The highest BCUT2D eigenvalue weighted by Gasteiger charge is 2.13. The predicted molar refractivity (Wildman–Crippen MR) is 70.4 cm³/mol. The topological polar surface area (TPSA) is 25.2 Å². The van der Waals surface area contributed by atoms with E-state index in [-0.39, 0.29) is 16.9 Å². The largest absolute Gasteiger partial charge is 0.469 e. The highest BCUT2D eigenvalue weighted by atomic mass is 35.5. The summed E-state index contributed by atoms with van der Waals surface area (Å²) in [6.07, 6.45) is 2.41. The Morgan fingerprint density at radius 1 is 1.39 bits per heavy atom. The molecule has 1 aromatic heterocycles. The van der Waals surface area contributed by atoms with Crippen LogP contribution >= 0.6 is 11.6 Å². The molecule has 0 bridgehead atoms. The standard InChI is InChI=1S/C14H15ClFNO/c1-9-5-11(8-18-9)14(17-2)7-10-3-4-12(15)13(16)6-10/h3-6,8,14,17H,7H2,1-2H3. The van der Waals surface area contributed by atoms with E-state index in [0.717, 1.165) is 16.9 Å². The van der Waals surface area contributed by atoms with E-state index in [1.54, 1.807) is 12.3 Å². The maximum absolute atomic E-state index is 13.4. The van der Waals surface area contributed by atoms with E-state index in [0.29, 0.717) is 6.42 Å². The van der Waals surface area contributed by atoms with Gasteiger partial charge < -0.3 is 9.73 Å². The lowest BCUT2D eigenvalue weighted by Crippen LogP contribution is -2.18. The summed E-state index contributed by atoms with van der Waals surface area (Å²) in [5.41, 5.74) is 1.96. The number of likely N-dealkylation sites (N-methyl/N-ethyl adjacent to an activating group) is 1. The van der Waals surface area contributed by atoms with Gasteiger partial charge in [0.2, 0.25) is 0 Å². The van der Waals surface area contributed by atoms with Crippen molar-refractivity contribution in [3.05, 3.63) is 58.3 Å². The minimum absolute atomic E-state index is 0.100. The summed E-state index contributed by atoms with van der Waals surface area (Å²) in [7, 11) is 1.87. The van der Waals surface area contributed by atoms with Gasteiger partial charge in [-0.05, 0) is 44.2 Å². The Hall–Kier alpha value is -1.32. The number of halogens is 2. The van der Waals surface area contributed by atoms with Gasteiger partial charge in [0.1, 0.15) is 11.6 Å². The molecule has 0 saturated heterocycles. The van der Waals surface area contributed by atoms with Crippen molar-refractivity contribution >= 4 is 11.6 Å². The monoisotopic (exact) mass is 267 g/mol. The number of nitrogens with one attached hydrogen (secondary N) is 1. The van der Waals surface area contributed by atoms with Gasteiger partial charge in [-0.2, -0.15) is 0 Å². The quantitative estimate of drug-likeness (QED) is 0.909. The molecule has 2 aromatic rings. The summed E-state index contributed by atoms with van der Waals surface area (Å²) in [6.45, 7) is 1.90. The van der Waals surface area contributed by atoms with Crippen LogP contribution in [-0.2, 0) is 6.42 Å². The molecule has 1 heterocycles. The smallest absolute Gasteiger partial charge is 0.142 e. The third-order valence-electron chi connectivity index (χ3n) is 2.93. The van der Waals surface area contributed by atoms with E-state index >= 15 is 0 Å². The Balaban J connectivity index is 2.17. The van der Waals surface area contributed by atoms with Gasteiger partial charge in [0.05, 0.1) is 11.3 Å². The molecule has 0 radical (unpaired) electrons. The first-order valence-corrected chi connectivity index (χ1v) is 6.14. The maximum atomic E-state index is 13.4. The number of hydrogen-bond acceptors (Lipinski definition) is 2. The van der Waals surface area contributed by atoms with E-state index in [1.165, 1.54) is 6.07 Å². The third kappa shape index (κ3) is 2.92. The molecular weight excluding hydrogens is 253 g/mol. The van der Waals surface area contributed by atoms with E-state index in [4.69, 9.17) is 16.0 Å². The summed E-state index contributed by atoms with van der Waals surface area (Å²) < 4.78 is 18.7. The Labute approximate surface area is 111 Å². The van der Waals surface area contributed by atoms with Crippen LogP contribution in [0.2, 0.25) is 5.02 Å². The number of hydrogen-bond donors (Lipinski definition) is 1. The summed E-state index contributed by atoms with van der Waals surface area (Å²) in [5, 5.41) is 3.35. The van der Waals surface area contributed by atoms with Crippen LogP contribution in [0.3, 0.4) is 0 Å². The van der Waals surface area contributed by atoms with Crippen LogP contribution in [0.1, 0.15) is 22.9 Å². The van der Waals surface area contributed by atoms with Crippen molar-refractivity contribution in [2.24, 2.45) is 0 Å². The molecule has 1 aromatic carbocycles. The average Bonchev–Trinajstić information content (AvgIpc) is 2.77. The fourth-order valence-electron chi connectivity index (χ4n) is 1.94. The molecule has 1 unspecified atom stereocenters. The molecular formula is C14H15ClFNO. The highest BCUT2D eigenvalue weighted by molar-refractivity contribution is 6.30. The lowest BCUT2D eigenvalue weighted by atomic mass is 10.0. The van der Waals surface area contributed by atoms with Crippen molar-refractivity contribution in [2.75, 3.05) is 7.05 Å².